The van der Waals surface area contributed by atoms with Crippen molar-refractivity contribution in [2.45, 2.75) is 26.8 Å². The molecule has 4 heteroatoms. The molecule has 0 fully saturated rings. The van der Waals surface area contributed by atoms with Crippen LogP contribution < -0.4 is 5.32 Å². The van der Waals surface area contributed by atoms with Crippen molar-refractivity contribution < 1.29 is 4.42 Å². The molecule has 1 rings (SSSR count). The van der Waals surface area contributed by atoms with E-state index in [9.17, 15) is 0 Å². The summed E-state index contributed by atoms with van der Waals surface area (Å²) in [6.45, 7) is 6.75. The topological polar surface area (TPSA) is 28.4 Å². The molecule has 3 nitrogen and oxygen atoms in total. The average molecular weight is 226 g/mol. The van der Waals surface area contributed by atoms with Gasteiger partial charge in [-0.3, -0.25) is 0 Å². The van der Waals surface area contributed by atoms with Crippen molar-refractivity contribution in [1.29, 1.82) is 0 Å². The highest BCUT2D eigenvalue weighted by Gasteiger charge is 2.08. The number of hydrogen-bond acceptors (Lipinski definition) is 2. The van der Waals surface area contributed by atoms with E-state index in [1.165, 1.54) is 0 Å². The number of nitrogens with one attached hydrogen (secondary N) is 1. The summed E-state index contributed by atoms with van der Waals surface area (Å²) in [7, 11) is 0. The van der Waals surface area contributed by atoms with Crippen LogP contribution in [0, 0.1) is 0 Å². The van der Waals surface area contributed by atoms with E-state index in [-0.39, 0.29) is 0 Å². The zero-order valence-corrected chi connectivity index (χ0v) is 10.1. The van der Waals surface area contributed by atoms with Gasteiger partial charge in [-0.25, -0.2) is 0 Å². The van der Waals surface area contributed by atoms with Gasteiger partial charge in [0.1, 0.15) is 5.76 Å². The van der Waals surface area contributed by atoms with Crippen LogP contribution in [-0.4, -0.2) is 23.1 Å². The van der Waals surface area contributed by atoms with Gasteiger partial charge in [-0.15, -0.1) is 0 Å². The fourth-order valence-corrected chi connectivity index (χ4v) is 1.56. The lowest BCUT2D eigenvalue weighted by Gasteiger charge is -2.23. The molecule has 0 spiro atoms. The Morgan fingerprint density at radius 1 is 1.53 bits per heavy atom. The fourth-order valence-electron chi connectivity index (χ4n) is 1.26. The third-order valence-corrected chi connectivity index (χ3v) is 2.52. The Morgan fingerprint density at radius 3 is 2.87 bits per heavy atom. The number of thiocarbonyl (C=S) groups is 1. The summed E-state index contributed by atoms with van der Waals surface area (Å²) in [5.74, 6) is 0.942. The van der Waals surface area contributed by atoms with Crippen LogP contribution >= 0.6 is 12.2 Å². The van der Waals surface area contributed by atoms with E-state index in [1.807, 2.05) is 12.1 Å². The van der Waals surface area contributed by atoms with E-state index >= 15 is 0 Å². The molecule has 0 aliphatic carbocycles. The summed E-state index contributed by atoms with van der Waals surface area (Å²) in [5.41, 5.74) is 0. The van der Waals surface area contributed by atoms with E-state index in [1.54, 1.807) is 6.26 Å². The van der Waals surface area contributed by atoms with Gasteiger partial charge in [-0.05, 0) is 37.7 Å². The van der Waals surface area contributed by atoms with Gasteiger partial charge in [-0.2, -0.15) is 0 Å². The van der Waals surface area contributed by atoms with Gasteiger partial charge in [0.15, 0.2) is 5.11 Å². The number of nitrogens with zero attached hydrogens (tertiary/aromatic N) is 1. The monoisotopic (exact) mass is 226 g/mol. The van der Waals surface area contributed by atoms with Crippen molar-refractivity contribution >= 4 is 17.3 Å². The Morgan fingerprint density at radius 2 is 2.33 bits per heavy atom. The van der Waals surface area contributed by atoms with Gasteiger partial charge < -0.3 is 14.6 Å². The lowest BCUT2D eigenvalue weighted by Crippen LogP contribution is -2.39. The molecule has 0 bridgehead atoms. The largest absolute Gasteiger partial charge is 0.467 e. The number of furan rings is 1. The zero-order valence-electron chi connectivity index (χ0n) is 9.32. The first kappa shape index (κ1) is 12.0. The lowest BCUT2D eigenvalue weighted by molar-refractivity contribution is 0.370. The Hall–Kier alpha value is -1.03. The molecule has 0 amide bonds. The van der Waals surface area contributed by atoms with Gasteiger partial charge in [0.2, 0.25) is 0 Å². The van der Waals surface area contributed by atoms with Crippen molar-refractivity contribution in [2.24, 2.45) is 0 Å². The third-order valence-electron chi connectivity index (χ3n) is 2.12. The van der Waals surface area contributed by atoms with Crippen LogP contribution in [0.2, 0.25) is 0 Å². The van der Waals surface area contributed by atoms with E-state index in [4.69, 9.17) is 16.6 Å². The van der Waals surface area contributed by atoms with Crippen LogP contribution in [0.4, 0.5) is 0 Å². The summed E-state index contributed by atoms with van der Waals surface area (Å²) in [6, 6.07) is 3.86. The Bertz CT molecular complexity index is 285. The third kappa shape index (κ3) is 3.91. The SMILES string of the molecule is CCCNC(=S)N(CC)Cc1ccco1. The van der Waals surface area contributed by atoms with Crippen LogP contribution in [0.15, 0.2) is 22.8 Å². The second kappa shape index (κ2) is 6.45. The molecule has 84 valence electrons. The minimum Gasteiger partial charge on any atom is -0.467 e. The Kier molecular flexibility index (Phi) is 5.18. The first-order chi connectivity index (χ1) is 7.27. The lowest BCUT2D eigenvalue weighted by atomic mass is 10.4. The minimum absolute atomic E-state index is 0.735. The first-order valence-corrected chi connectivity index (χ1v) is 5.73. The molecule has 1 heterocycles. The average Bonchev–Trinajstić information content (AvgIpc) is 2.75. The highest BCUT2D eigenvalue weighted by molar-refractivity contribution is 7.80. The molecule has 0 saturated heterocycles. The van der Waals surface area contributed by atoms with Crippen LogP contribution in [0.5, 0.6) is 0 Å². The summed E-state index contributed by atoms with van der Waals surface area (Å²) >= 11 is 5.29. The van der Waals surface area contributed by atoms with Gasteiger partial charge in [0.25, 0.3) is 0 Å². The molecule has 0 aromatic carbocycles. The standard InChI is InChI=1S/C11H18N2OS/c1-3-7-12-11(15)13(4-2)9-10-6-5-8-14-10/h5-6,8H,3-4,7,9H2,1-2H3,(H,12,15). The van der Waals surface area contributed by atoms with Crippen LogP contribution in [-0.2, 0) is 6.54 Å². The molecule has 0 aliphatic rings. The predicted octanol–water partition coefficient (Wildman–Crippen LogP) is 2.39. The van der Waals surface area contributed by atoms with Crippen molar-refractivity contribution in [3.8, 4) is 0 Å². The fraction of sp³-hybridized carbons (Fsp3) is 0.545. The molecule has 0 atom stereocenters. The predicted molar refractivity (Wildman–Crippen MR) is 65.7 cm³/mol. The van der Waals surface area contributed by atoms with E-state index in [0.29, 0.717) is 0 Å². The quantitative estimate of drug-likeness (QED) is 0.780. The summed E-state index contributed by atoms with van der Waals surface area (Å²) in [4.78, 5) is 2.09. The van der Waals surface area contributed by atoms with E-state index in [0.717, 1.165) is 36.9 Å². The molecule has 1 aromatic rings. The van der Waals surface area contributed by atoms with Gasteiger partial charge >= 0.3 is 0 Å². The molecular formula is C11H18N2OS. The highest BCUT2D eigenvalue weighted by Crippen LogP contribution is 2.05. The van der Waals surface area contributed by atoms with Crippen molar-refractivity contribution in [3.63, 3.8) is 0 Å². The zero-order chi connectivity index (χ0) is 11.1. The van der Waals surface area contributed by atoms with Gasteiger partial charge in [-0.1, -0.05) is 6.92 Å². The molecule has 1 aromatic heterocycles. The smallest absolute Gasteiger partial charge is 0.169 e. The summed E-state index contributed by atoms with van der Waals surface area (Å²) in [5, 5.41) is 4.01. The molecule has 0 saturated carbocycles. The number of rotatable bonds is 5. The molecule has 0 unspecified atom stereocenters. The highest BCUT2D eigenvalue weighted by atomic mass is 32.1. The van der Waals surface area contributed by atoms with Crippen LogP contribution in [0.25, 0.3) is 0 Å². The van der Waals surface area contributed by atoms with Crippen molar-refractivity contribution in [2.75, 3.05) is 13.1 Å². The van der Waals surface area contributed by atoms with Crippen molar-refractivity contribution in [1.82, 2.24) is 10.2 Å². The maximum absolute atomic E-state index is 5.29. The first-order valence-electron chi connectivity index (χ1n) is 5.33. The molecule has 0 radical (unpaired) electrons. The molecule has 1 N–H and O–H groups in total. The maximum Gasteiger partial charge on any atom is 0.169 e. The minimum atomic E-state index is 0.735. The molecule has 0 aliphatic heterocycles. The van der Waals surface area contributed by atoms with E-state index in [2.05, 4.69) is 24.1 Å². The van der Waals surface area contributed by atoms with E-state index < -0.39 is 0 Å². The normalized spacial score (nSPS) is 10.0. The van der Waals surface area contributed by atoms with Gasteiger partial charge in [0.05, 0.1) is 12.8 Å². The molecular weight excluding hydrogens is 208 g/mol. The summed E-state index contributed by atoms with van der Waals surface area (Å²) in [6.07, 6.45) is 2.77. The van der Waals surface area contributed by atoms with Crippen LogP contribution in [0.1, 0.15) is 26.0 Å². The Labute approximate surface area is 96.4 Å². The van der Waals surface area contributed by atoms with Gasteiger partial charge in [0, 0.05) is 13.1 Å². The second-order valence-electron chi connectivity index (χ2n) is 3.33. The molecule has 15 heavy (non-hydrogen) atoms. The maximum atomic E-state index is 5.29. The summed E-state index contributed by atoms with van der Waals surface area (Å²) < 4.78 is 5.29. The van der Waals surface area contributed by atoms with Crippen molar-refractivity contribution in [3.05, 3.63) is 24.2 Å². The number of hydrogen-bond donors (Lipinski definition) is 1. The Balaban J connectivity index is 2.44. The second-order valence-corrected chi connectivity index (χ2v) is 3.71. The van der Waals surface area contributed by atoms with Crippen LogP contribution in [0.3, 0.4) is 0 Å².